The Hall–Kier alpha value is -1.81. The van der Waals surface area contributed by atoms with Crippen molar-refractivity contribution in [3.05, 3.63) is 65.7 Å². The molecule has 2 aromatic rings. The molecule has 0 aromatic heterocycles. The molecule has 2 aromatic carbocycles. The van der Waals surface area contributed by atoms with Crippen molar-refractivity contribution in [2.45, 2.75) is 26.7 Å². The first-order valence-corrected chi connectivity index (χ1v) is 9.03. The van der Waals surface area contributed by atoms with Crippen molar-refractivity contribution in [3.8, 4) is 5.75 Å². The van der Waals surface area contributed by atoms with E-state index in [1.807, 2.05) is 30.3 Å². The fourth-order valence-corrected chi connectivity index (χ4v) is 3.23. The van der Waals surface area contributed by atoms with Crippen LogP contribution < -0.4 is 4.18 Å². The molecule has 1 unspecified atom stereocenters. The minimum absolute atomic E-state index is 0.0339. The SMILES string of the molecule is CC(C)(C)C(c1ccccc1)c1ccccc1OS(C)(=O)=O. The monoisotopic (exact) mass is 318 g/mol. The van der Waals surface area contributed by atoms with E-state index in [1.165, 1.54) is 0 Å². The Morgan fingerprint density at radius 1 is 0.909 bits per heavy atom. The molecule has 0 fully saturated rings. The molecule has 4 heteroatoms. The summed E-state index contributed by atoms with van der Waals surface area (Å²) < 4.78 is 28.3. The van der Waals surface area contributed by atoms with Crippen molar-refractivity contribution in [1.29, 1.82) is 0 Å². The van der Waals surface area contributed by atoms with Crippen molar-refractivity contribution in [2.75, 3.05) is 6.26 Å². The highest BCUT2D eigenvalue weighted by Crippen LogP contribution is 2.44. The molecule has 1 atom stereocenters. The van der Waals surface area contributed by atoms with Crippen LogP contribution in [0.15, 0.2) is 54.6 Å². The highest BCUT2D eigenvalue weighted by Gasteiger charge is 2.30. The van der Waals surface area contributed by atoms with Gasteiger partial charge in [0.15, 0.2) is 0 Å². The van der Waals surface area contributed by atoms with Crippen LogP contribution in [0.5, 0.6) is 5.75 Å². The van der Waals surface area contributed by atoms with Gasteiger partial charge in [-0.25, -0.2) is 0 Å². The summed E-state index contributed by atoms with van der Waals surface area (Å²) in [7, 11) is -3.56. The Balaban J connectivity index is 2.59. The molecule has 0 amide bonds. The zero-order chi connectivity index (χ0) is 16.4. The van der Waals surface area contributed by atoms with Gasteiger partial charge in [0, 0.05) is 11.5 Å². The lowest BCUT2D eigenvalue weighted by Gasteiger charge is -2.32. The maximum atomic E-state index is 11.5. The summed E-state index contributed by atoms with van der Waals surface area (Å²) in [5.74, 6) is 0.431. The lowest BCUT2D eigenvalue weighted by atomic mass is 9.72. The van der Waals surface area contributed by atoms with Gasteiger partial charge in [-0.05, 0) is 17.0 Å². The number of benzene rings is 2. The van der Waals surface area contributed by atoms with E-state index in [2.05, 4.69) is 32.9 Å². The van der Waals surface area contributed by atoms with E-state index >= 15 is 0 Å². The summed E-state index contributed by atoms with van der Waals surface area (Å²) in [4.78, 5) is 0. The molecule has 0 spiro atoms. The molecule has 0 aliphatic carbocycles. The number of para-hydroxylation sites is 1. The minimum atomic E-state index is -3.56. The lowest BCUT2D eigenvalue weighted by Crippen LogP contribution is -2.21. The Morgan fingerprint density at radius 2 is 1.45 bits per heavy atom. The fourth-order valence-electron chi connectivity index (χ4n) is 2.75. The van der Waals surface area contributed by atoms with Crippen molar-refractivity contribution in [2.24, 2.45) is 5.41 Å². The molecule has 22 heavy (non-hydrogen) atoms. The molecule has 0 radical (unpaired) electrons. The second-order valence-corrected chi connectivity index (χ2v) is 8.11. The van der Waals surface area contributed by atoms with Crippen LogP contribution in [0, 0.1) is 5.41 Å². The van der Waals surface area contributed by atoms with Crippen LogP contribution >= 0.6 is 0 Å². The summed E-state index contributed by atoms with van der Waals surface area (Å²) in [6, 6.07) is 17.4. The second-order valence-electron chi connectivity index (χ2n) is 6.54. The molecule has 0 saturated carbocycles. The van der Waals surface area contributed by atoms with Crippen molar-refractivity contribution in [3.63, 3.8) is 0 Å². The standard InChI is InChI=1S/C18H22O3S/c1-18(2,3)17(14-10-6-5-7-11-14)15-12-8-9-13-16(15)21-22(4,19)20/h5-13,17H,1-4H3. The Morgan fingerprint density at radius 3 is 2.00 bits per heavy atom. The van der Waals surface area contributed by atoms with Gasteiger partial charge in [-0.3, -0.25) is 0 Å². The van der Waals surface area contributed by atoms with Gasteiger partial charge in [-0.15, -0.1) is 0 Å². The first-order chi connectivity index (χ1) is 10.2. The first kappa shape index (κ1) is 16.6. The molecule has 0 N–H and O–H groups in total. The van der Waals surface area contributed by atoms with Gasteiger partial charge in [0.05, 0.1) is 6.26 Å². The molecule has 0 bridgehead atoms. The largest absolute Gasteiger partial charge is 0.382 e. The van der Waals surface area contributed by atoms with E-state index in [1.54, 1.807) is 12.1 Å². The molecule has 118 valence electrons. The van der Waals surface area contributed by atoms with Gasteiger partial charge in [0.2, 0.25) is 0 Å². The average Bonchev–Trinajstić information content (AvgIpc) is 2.39. The number of hydrogen-bond donors (Lipinski definition) is 0. The summed E-state index contributed by atoms with van der Waals surface area (Å²) in [5, 5.41) is 0. The van der Waals surface area contributed by atoms with Crippen molar-refractivity contribution < 1.29 is 12.6 Å². The van der Waals surface area contributed by atoms with Crippen LogP contribution in [0.1, 0.15) is 37.8 Å². The van der Waals surface area contributed by atoms with Gasteiger partial charge in [-0.1, -0.05) is 69.3 Å². The molecule has 0 heterocycles. The third-order valence-electron chi connectivity index (χ3n) is 3.47. The maximum Gasteiger partial charge on any atom is 0.306 e. The van der Waals surface area contributed by atoms with Crippen LogP contribution in [0.25, 0.3) is 0 Å². The van der Waals surface area contributed by atoms with Gasteiger partial charge < -0.3 is 4.18 Å². The number of hydrogen-bond acceptors (Lipinski definition) is 3. The molecule has 2 rings (SSSR count). The van der Waals surface area contributed by atoms with Crippen LogP contribution in [0.4, 0.5) is 0 Å². The van der Waals surface area contributed by atoms with E-state index in [4.69, 9.17) is 4.18 Å². The van der Waals surface area contributed by atoms with E-state index < -0.39 is 10.1 Å². The highest BCUT2D eigenvalue weighted by molar-refractivity contribution is 7.86. The highest BCUT2D eigenvalue weighted by atomic mass is 32.2. The quantitative estimate of drug-likeness (QED) is 0.793. The predicted molar refractivity (Wildman–Crippen MR) is 89.7 cm³/mol. The minimum Gasteiger partial charge on any atom is -0.382 e. The Bertz CT molecular complexity index is 728. The van der Waals surface area contributed by atoms with Crippen molar-refractivity contribution in [1.82, 2.24) is 0 Å². The van der Waals surface area contributed by atoms with Gasteiger partial charge in [0.1, 0.15) is 5.75 Å². The summed E-state index contributed by atoms with van der Waals surface area (Å²) >= 11 is 0. The second kappa shape index (κ2) is 6.13. The zero-order valence-corrected chi connectivity index (χ0v) is 14.2. The molecular weight excluding hydrogens is 296 g/mol. The predicted octanol–water partition coefficient (Wildman–Crippen LogP) is 4.20. The van der Waals surface area contributed by atoms with E-state index in [-0.39, 0.29) is 11.3 Å². The van der Waals surface area contributed by atoms with E-state index in [9.17, 15) is 8.42 Å². The zero-order valence-electron chi connectivity index (χ0n) is 13.4. The third kappa shape index (κ3) is 4.10. The smallest absolute Gasteiger partial charge is 0.306 e. The van der Waals surface area contributed by atoms with Gasteiger partial charge in [0.25, 0.3) is 0 Å². The first-order valence-electron chi connectivity index (χ1n) is 7.22. The molecule has 3 nitrogen and oxygen atoms in total. The molecular formula is C18H22O3S. The third-order valence-corrected chi connectivity index (χ3v) is 3.95. The van der Waals surface area contributed by atoms with Gasteiger partial charge >= 0.3 is 10.1 Å². The van der Waals surface area contributed by atoms with E-state index in [0.717, 1.165) is 17.4 Å². The van der Waals surface area contributed by atoms with E-state index in [0.29, 0.717) is 5.75 Å². The van der Waals surface area contributed by atoms with Crippen LogP contribution in [-0.4, -0.2) is 14.7 Å². The molecule has 0 aliphatic heterocycles. The summed E-state index contributed by atoms with van der Waals surface area (Å²) in [5.41, 5.74) is 1.93. The Labute approximate surface area is 133 Å². The molecule has 0 saturated heterocycles. The maximum absolute atomic E-state index is 11.5. The summed E-state index contributed by atoms with van der Waals surface area (Å²) in [6.45, 7) is 6.42. The topological polar surface area (TPSA) is 43.4 Å². The normalized spacial score (nSPS) is 13.6. The van der Waals surface area contributed by atoms with Crippen LogP contribution in [0.2, 0.25) is 0 Å². The Kier molecular flexibility index (Phi) is 4.61. The van der Waals surface area contributed by atoms with Crippen molar-refractivity contribution >= 4 is 10.1 Å². The summed E-state index contributed by atoms with van der Waals surface area (Å²) in [6.07, 6.45) is 1.07. The lowest BCUT2D eigenvalue weighted by molar-refractivity contribution is 0.353. The van der Waals surface area contributed by atoms with Crippen LogP contribution in [0.3, 0.4) is 0 Å². The van der Waals surface area contributed by atoms with Crippen LogP contribution in [-0.2, 0) is 10.1 Å². The number of rotatable bonds is 4. The molecule has 0 aliphatic rings. The fraction of sp³-hybridized carbons (Fsp3) is 0.333. The van der Waals surface area contributed by atoms with Gasteiger partial charge in [-0.2, -0.15) is 8.42 Å². The average molecular weight is 318 g/mol.